The Hall–Kier alpha value is -2.38. The van der Waals surface area contributed by atoms with Gasteiger partial charge < -0.3 is 38.6 Å². The van der Waals surface area contributed by atoms with Crippen molar-refractivity contribution in [2.24, 2.45) is 29.6 Å². The molecule has 0 saturated carbocycles. The molecule has 11 nitrogen and oxygen atoms in total. The Morgan fingerprint density at radius 2 is 1.64 bits per heavy atom. The van der Waals surface area contributed by atoms with Gasteiger partial charge in [0.2, 0.25) is 0 Å². The number of ether oxygens (including phenoxy) is 6. The molecular formula is C48H83NO10. The summed E-state index contributed by atoms with van der Waals surface area (Å²) >= 11 is 0. The van der Waals surface area contributed by atoms with E-state index in [4.69, 9.17) is 28.4 Å². The number of hydrogen-bond acceptors (Lipinski definition) is 11. The van der Waals surface area contributed by atoms with Gasteiger partial charge in [0.25, 0.3) is 0 Å². The van der Waals surface area contributed by atoms with Gasteiger partial charge in [-0.1, -0.05) is 71.1 Å². The SMILES string of the molecule is CO[C@H]1C[C@H](CC[C@H](C)[C@H](O)[C@H](C)[C@@H]2C/C=C/[C@H](OC)C[C@H](C)C/C=C(\C)[C@@H](OC)CC[C@@H](C)[C@@H](O)[C@H](C)C(OC(=O)C(C)N(C)C)C/C=C/C=C/C(=O)O2)O[C@@H](C)C1. The van der Waals surface area contributed by atoms with Crippen LogP contribution in [0.15, 0.2) is 48.1 Å². The molecular weight excluding hydrogens is 751 g/mol. The molecule has 0 aromatic heterocycles. The van der Waals surface area contributed by atoms with E-state index in [0.717, 1.165) is 56.9 Å². The summed E-state index contributed by atoms with van der Waals surface area (Å²) in [5.74, 6) is -1.39. The maximum atomic E-state index is 13.3. The molecule has 59 heavy (non-hydrogen) atoms. The summed E-state index contributed by atoms with van der Waals surface area (Å²) in [4.78, 5) is 28.2. The smallest absolute Gasteiger partial charge is 0.331 e. The number of likely N-dealkylation sites (N-methyl/N-ethyl adjacent to an activating group) is 1. The highest BCUT2D eigenvalue weighted by Crippen LogP contribution is 2.30. The number of methoxy groups -OCH3 is 3. The van der Waals surface area contributed by atoms with Crippen LogP contribution >= 0.6 is 0 Å². The lowest BCUT2D eigenvalue weighted by Crippen LogP contribution is -2.41. The lowest BCUT2D eigenvalue weighted by atomic mass is 9.84. The average molecular weight is 834 g/mol. The summed E-state index contributed by atoms with van der Waals surface area (Å²) in [5, 5.41) is 23.2. The van der Waals surface area contributed by atoms with E-state index in [9.17, 15) is 19.8 Å². The van der Waals surface area contributed by atoms with Crippen molar-refractivity contribution in [1.82, 2.24) is 4.90 Å². The van der Waals surface area contributed by atoms with Crippen LogP contribution in [0, 0.1) is 29.6 Å². The van der Waals surface area contributed by atoms with E-state index >= 15 is 0 Å². The van der Waals surface area contributed by atoms with Gasteiger partial charge in [-0.3, -0.25) is 9.69 Å². The van der Waals surface area contributed by atoms with E-state index in [1.807, 2.05) is 60.0 Å². The fourth-order valence-electron chi connectivity index (χ4n) is 8.23. The van der Waals surface area contributed by atoms with E-state index in [1.54, 1.807) is 45.3 Å². The number of carbonyl (C=O) groups excluding carboxylic acids is 2. The van der Waals surface area contributed by atoms with E-state index in [-0.39, 0.29) is 60.2 Å². The highest BCUT2D eigenvalue weighted by atomic mass is 16.6. The van der Waals surface area contributed by atoms with Gasteiger partial charge in [-0.25, -0.2) is 4.79 Å². The minimum Gasteiger partial charge on any atom is -0.460 e. The van der Waals surface area contributed by atoms with Crippen molar-refractivity contribution < 1.29 is 48.2 Å². The predicted octanol–water partition coefficient (Wildman–Crippen LogP) is 8.02. The number of cyclic esters (lactones) is 1. The number of allylic oxidation sites excluding steroid dienone is 3. The third-order valence-electron chi connectivity index (χ3n) is 12.9. The van der Waals surface area contributed by atoms with Gasteiger partial charge in [-0.05, 0) is 110 Å². The van der Waals surface area contributed by atoms with Crippen LogP contribution in [0.25, 0.3) is 0 Å². The van der Waals surface area contributed by atoms with Crippen LogP contribution in [0.3, 0.4) is 0 Å². The first-order chi connectivity index (χ1) is 27.9. The Bertz CT molecular complexity index is 1330. The molecule has 2 N–H and O–H groups in total. The summed E-state index contributed by atoms with van der Waals surface area (Å²) in [6, 6.07) is -0.455. The molecule has 0 aromatic carbocycles. The number of hydrogen-bond donors (Lipinski definition) is 2. The van der Waals surface area contributed by atoms with Crippen molar-refractivity contribution in [3.05, 3.63) is 48.1 Å². The minimum absolute atomic E-state index is 0.0516. The largest absolute Gasteiger partial charge is 0.460 e. The van der Waals surface area contributed by atoms with Crippen LogP contribution in [-0.2, 0) is 38.0 Å². The Balaban J connectivity index is 2.37. The zero-order chi connectivity index (χ0) is 44.2. The van der Waals surface area contributed by atoms with Crippen LogP contribution in [0.5, 0.6) is 0 Å². The van der Waals surface area contributed by atoms with Gasteiger partial charge in [0, 0.05) is 52.1 Å². The first-order valence-electron chi connectivity index (χ1n) is 22.3. The normalized spacial score (nSPS) is 36.1. The van der Waals surface area contributed by atoms with Crippen molar-refractivity contribution in [3.63, 3.8) is 0 Å². The fraction of sp³-hybridized carbons (Fsp3) is 0.792. The predicted molar refractivity (Wildman–Crippen MR) is 235 cm³/mol. The highest BCUT2D eigenvalue weighted by Gasteiger charge is 2.34. The van der Waals surface area contributed by atoms with Crippen molar-refractivity contribution in [2.75, 3.05) is 35.4 Å². The van der Waals surface area contributed by atoms with E-state index in [1.165, 1.54) is 6.08 Å². The second-order valence-electron chi connectivity index (χ2n) is 18.0. The Labute approximate surface area is 357 Å². The maximum Gasteiger partial charge on any atom is 0.331 e. The second kappa shape index (κ2) is 27.5. The van der Waals surface area contributed by atoms with Gasteiger partial charge in [-0.2, -0.15) is 0 Å². The molecule has 340 valence electrons. The molecule has 1 fully saturated rings. The van der Waals surface area contributed by atoms with Crippen LogP contribution < -0.4 is 0 Å². The molecule has 0 aliphatic carbocycles. The number of esters is 2. The van der Waals surface area contributed by atoms with Crippen LogP contribution in [0.1, 0.15) is 120 Å². The quantitative estimate of drug-likeness (QED) is 0.146. The molecule has 2 rings (SSSR count). The second-order valence-corrected chi connectivity index (χ2v) is 18.0. The molecule has 0 spiro atoms. The molecule has 0 radical (unpaired) electrons. The molecule has 2 heterocycles. The standard InChI is InChI=1S/C48H83NO10/c1-31-22-23-32(2)42(56-13)27-25-34(4)47(52)37(7)44(59-48(53)38(8)49(9)10)19-15-14-16-21-45(50)58-43(20-17-18-39(28-31)54-11)36(6)46(51)33(3)24-26-40-30-41(55-12)29-35(5)57-40/h14-18,21,23,31,33-44,46-47,51-52H,19-20,22,24-30H2,1-13H3/b15-14+,18-17+,21-16+,32-23+/t31-,33+,34-,35+,36-,37-,38?,39+,40+,41-,42+,43+,44?,46+,47-/m1/s1. The number of rotatable bonds is 12. The lowest BCUT2D eigenvalue weighted by Gasteiger charge is -2.35. The molecule has 0 aromatic rings. The van der Waals surface area contributed by atoms with Crippen molar-refractivity contribution in [1.29, 1.82) is 0 Å². The molecule has 2 aliphatic heterocycles. The van der Waals surface area contributed by atoms with Crippen LogP contribution in [-0.4, -0.2) is 123 Å². The summed E-state index contributed by atoms with van der Waals surface area (Å²) < 4.78 is 35.7. The number of carbonyl (C=O) groups is 2. The summed E-state index contributed by atoms with van der Waals surface area (Å²) in [7, 11) is 8.84. The van der Waals surface area contributed by atoms with Crippen LogP contribution in [0.2, 0.25) is 0 Å². The third kappa shape index (κ3) is 18.6. The lowest BCUT2D eigenvalue weighted by molar-refractivity contribution is -0.159. The Morgan fingerprint density at radius 3 is 2.29 bits per heavy atom. The zero-order valence-corrected chi connectivity index (χ0v) is 38.9. The van der Waals surface area contributed by atoms with Crippen molar-refractivity contribution in [2.45, 2.75) is 181 Å². The third-order valence-corrected chi connectivity index (χ3v) is 12.9. The van der Waals surface area contributed by atoms with E-state index in [2.05, 4.69) is 26.8 Å². The fourth-order valence-corrected chi connectivity index (χ4v) is 8.23. The molecule has 0 bridgehead atoms. The van der Waals surface area contributed by atoms with Gasteiger partial charge in [-0.15, -0.1) is 0 Å². The number of nitrogens with zero attached hydrogens (tertiary/aromatic N) is 1. The molecule has 15 atom stereocenters. The molecule has 1 saturated heterocycles. The molecule has 2 aliphatic rings. The molecule has 11 heteroatoms. The first kappa shape index (κ1) is 52.8. The van der Waals surface area contributed by atoms with Gasteiger partial charge in [0.15, 0.2) is 0 Å². The Kier molecular flexibility index (Phi) is 24.6. The average Bonchev–Trinajstić information content (AvgIpc) is 3.21. The van der Waals surface area contributed by atoms with Crippen molar-refractivity contribution >= 4 is 11.9 Å². The Morgan fingerprint density at radius 1 is 0.932 bits per heavy atom. The topological polar surface area (TPSA) is 133 Å². The summed E-state index contributed by atoms with van der Waals surface area (Å²) in [6.07, 6.45) is 17.6. The van der Waals surface area contributed by atoms with Gasteiger partial charge in [0.05, 0.1) is 42.7 Å². The summed E-state index contributed by atoms with van der Waals surface area (Å²) in [6.45, 7) is 16.1. The summed E-state index contributed by atoms with van der Waals surface area (Å²) in [5.41, 5.74) is 1.15. The molecule has 2 unspecified atom stereocenters. The number of aliphatic hydroxyl groups is 2. The zero-order valence-electron chi connectivity index (χ0n) is 38.9. The van der Waals surface area contributed by atoms with Gasteiger partial charge >= 0.3 is 11.9 Å². The molecule has 0 amide bonds. The maximum absolute atomic E-state index is 13.3. The number of aliphatic hydroxyl groups excluding tert-OH is 2. The highest BCUT2D eigenvalue weighted by molar-refractivity contribution is 5.82. The van der Waals surface area contributed by atoms with E-state index < -0.39 is 36.4 Å². The first-order valence-corrected chi connectivity index (χ1v) is 22.3. The van der Waals surface area contributed by atoms with E-state index in [0.29, 0.717) is 18.8 Å². The van der Waals surface area contributed by atoms with Crippen LogP contribution in [0.4, 0.5) is 0 Å². The van der Waals surface area contributed by atoms with Crippen molar-refractivity contribution in [3.8, 4) is 0 Å². The minimum atomic E-state index is -0.725. The monoisotopic (exact) mass is 834 g/mol. The van der Waals surface area contributed by atoms with Gasteiger partial charge in [0.1, 0.15) is 18.2 Å².